The van der Waals surface area contributed by atoms with Gasteiger partial charge in [0.25, 0.3) is 0 Å². The fourth-order valence-corrected chi connectivity index (χ4v) is 6.00. The smallest absolute Gasteiger partial charge is 0.167 e. The van der Waals surface area contributed by atoms with Crippen LogP contribution in [0.1, 0.15) is 69.3 Å². The molecule has 0 unspecified atom stereocenters. The van der Waals surface area contributed by atoms with Gasteiger partial charge in [0.15, 0.2) is 11.6 Å². The van der Waals surface area contributed by atoms with Gasteiger partial charge in [-0.05, 0) is 49.0 Å². The molecular formula is C22H24B2F2S. The quantitative estimate of drug-likeness (QED) is 0.648. The van der Waals surface area contributed by atoms with Crippen molar-refractivity contribution in [2.45, 2.75) is 63.7 Å². The van der Waals surface area contributed by atoms with E-state index in [1.54, 1.807) is 18.2 Å². The Balaban J connectivity index is 1.49. The van der Waals surface area contributed by atoms with E-state index >= 15 is 0 Å². The van der Waals surface area contributed by atoms with Crippen molar-refractivity contribution in [3.63, 3.8) is 0 Å². The van der Waals surface area contributed by atoms with Crippen molar-refractivity contribution < 1.29 is 8.78 Å². The summed E-state index contributed by atoms with van der Waals surface area (Å²) < 4.78 is 30.1. The predicted molar refractivity (Wildman–Crippen MR) is 112 cm³/mol. The van der Waals surface area contributed by atoms with Gasteiger partial charge in [-0.15, -0.1) is 0 Å². The van der Waals surface area contributed by atoms with Gasteiger partial charge < -0.3 is 0 Å². The average Bonchev–Trinajstić information content (AvgIpc) is 3.03. The van der Waals surface area contributed by atoms with Crippen LogP contribution in [-0.4, -0.2) is 15.7 Å². The van der Waals surface area contributed by atoms with Crippen LogP contribution in [0.4, 0.5) is 8.78 Å². The highest BCUT2D eigenvalue weighted by Gasteiger charge is 2.31. The van der Waals surface area contributed by atoms with Gasteiger partial charge >= 0.3 is 0 Å². The molecule has 2 fully saturated rings. The fourth-order valence-electron chi connectivity index (χ4n) is 5.13. The molecule has 2 aliphatic carbocycles. The Labute approximate surface area is 167 Å². The number of benzene rings is 1. The summed E-state index contributed by atoms with van der Waals surface area (Å²) in [6.07, 6.45) is 11.1. The first-order valence-electron chi connectivity index (χ1n) is 10.2. The second-order valence-corrected chi connectivity index (χ2v) is 9.35. The highest BCUT2D eigenvalue weighted by atomic mass is 32.1. The van der Waals surface area contributed by atoms with Crippen molar-refractivity contribution in [2.24, 2.45) is 11.8 Å². The Morgan fingerprint density at radius 1 is 0.815 bits per heavy atom. The molecule has 2 aromatic rings. The largest absolute Gasteiger partial charge is 0.203 e. The van der Waals surface area contributed by atoms with E-state index in [0.29, 0.717) is 20.7 Å². The Morgan fingerprint density at radius 3 is 2.11 bits per heavy atom. The zero-order chi connectivity index (χ0) is 19.0. The van der Waals surface area contributed by atoms with Crippen LogP contribution in [0.5, 0.6) is 0 Å². The normalized spacial score (nSPS) is 24.2. The average molecular weight is 380 g/mol. The molecular weight excluding hydrogens is 356 g/mol. The van der Waals surface area contributed by atoms with Gasteiger partial charge in [0.2, 0.25) is 0 Å². The van der Waals surface area contributed by atoms with E-state index in [2.05, 4.69) is 0 Å². The van der Waals surface area contributed by atoms with E-state index in [4.69, 9.17) is 15.7 Å². The summed E-state index contributed by atoms with van der Waals surface area (Å²) in [6, 6.07) is 5.07. The Bertz CT molecular complexity index is 783. The minimum atomic E-state index is -0.775. The van der Waals surface area contributed by atoms with Gasteiger partial charge in [-0.2, -0.15) is 11.3 Å². The molecule has 138 valence electrons. The number of thiophene rings is 1. The first-order valence-corrected chi connectivity index (χ1v) is 11.0. The maximum atomic E-state index is 14.9. The van der Waals surface area contributed by atoms with E-state index in [1.165, 1.54) is 43.4 Å². The molecule has 0 aliphatic heterocycles. The van der Waals surface area contributed by atoms with E-state index in [0.717, 1.165) is 37.5 Å². The standard InChI is InChI=1S/C22H24B2F2S/c23-18-12-19(27-22(18)24)17-11-10-16(20(25)21(17)26)15-8-6-14(7-9-15)13-4-2-1-3-5-13/h10-15H,1-9H2. The minimum absolute atomic E-state index is 0.131. The molecule has 4 rings (SSSR count). The van der Waals surface area contributed by atoms with Crippen LogP contribution in [0.25, 0.3) is 10.4 Å². The summed E-state index contributed by atoms with van der Waals surface area (Å²) in [5.41, 5.74) is 1.20. The van der Waals surface area contributed by atoms with E-state index in [1.807, 2.05) is 0 Å². The second-order valence-electron chi connectivity index (χ2n) is 8.27. The summed E-state index contributed by atoms with van der Waals surface area (Å²) in [6.45, 7) is 0. The van der Waals surface area contributed by atoms with E-state index in [-0.39, 0.29) is 11.5 Å². The van der Waals surface area contributed by atoms with Crippen LogP contribution in [0.15, 0.2) is 18.2 Å². The zero-order valence-corrected chi connectivity index (χ0v) is 16.5. The van der Waals surface area contributed by atoms with Crippen LogP contribution in [-0.2, 0) is 0 Å². The molecule has 0 N–H and O–H groups in total. The molecule has 27 heavy (non-hydrogen) atoms. The molecule has 0 saturated heterocycles. The Kier molecular flexibility index (Phi) is 5.78. The van der Waals surface area contributed by atoms with Gasteiger partial charge in [0.1, 0.15) is 15.7 Å². The molecule has 0 bridgehead atoms. The maximum Gasteiger partial charge on any atom is 0.167 e. The lowest BCUT2D eigenvalue weighted by Crippen LogP contribution is -2.23. The molecule has 1 aromatic heterocycles. The third-order valence-electron chi connectivity index (χ3n) is 6.70. The summed E-state index contributed by atoms with van der Waals surface area (Å²) in [4.78, 5) is 0.578. The van der Waals surface area contributed by atoms with Gasteiger partial charge in [-0.25, -0.2) is 8.78 Å². The van der Waals surface area contributed by atoms with Crippen LogP contribution in [0.3, 0.4) is 0 Å². The molecule has 5 heteroatoms. The molecule has 1 heterocycles. The number of halogens is 2. The lowest BCUT2D eigenvalue weighted by Gasteiger charge is -2.36. The maximum absolute atomic E-state index is 14.9. The summed E-state index contributed by atoms with van der Waals surface area (Å²) >= 11 is 1.19. The molecule has 0 amide bonds. The van der Waals surface area contributed by atoms with Crippen molar-refractivity contribution in [1.29, 1.82) is 0 Å². The van der Waals surface area contributed by atoms with Crippen molar-refractivity contribution in [3.05, 3.63) is 35.4 Å². The lowest BCUT2D eigenvalue weighted by molar-refractivity contribution is 0.185. The van der Waals surface area contributed by atoms with Crippen molar-refractivity contribution in [3.8, 4) is 10.4 Å². The van der Waals surface area contributed by atoms with Gasteiger partial charge in [0, 0.05) is 10.4 Å². The molecule has 0 nitrogen and oxygen atoms in total. The molecule has 1 aromatic carbocycles. The monoisotopic (exact) mass is 380 g/mol. The van der Waals surface area contributed by atoms with Crippen LogP contribution in [0, 0.1) is 23.5 Å². The third-order valence-corrected chi connectivity index (χ3v) is 7.71. The van der Waals surface area contributed by atoms with Crippen LogP contribution < -0.4 is 10.2 Å². The second kappa shape index (κ2) is 8.11. The third kappa shape index (κ3) is 3.90. The topological polar surface area (TPSA) is 0 Å². The fraction of sp³-hybridized carbons (Fsp3) is 0.545. The van der Waals surface area contributed by atoms with E-state index in [9.17, 15) is 8.78 Å². The van der Waals surface area contributed by atoms with Gasteiger partial charge in [-0.1, -0.05) is 60.5 Å². The molecule has 2 saturated carbocycles. The Morgan fingerprint density at radius 2 is 1.48 bits per heavy atom. The summed E-state index contributed by atoms with van der Waals surface area (Å²) in [5, 5.41) is 0. The van der Waals surface area contributed by atoms with Crippen molar-refractivity contribution in [2.75, 3.05) is 0 Å². The molecule has 0 atom stereocenters. The van der Waals surface area contributed by atoms with Gasteiger partial charge in [-0.3, -0.25) is 0 Å². The van der Waals surface area contributed by atoms with Crippen molar-refractivity contribution in [1.82, 2.24) is 0 Å². The summed E-state index contributed by atoms with van der Waals surface area (Å²) in [7, 11) is 11.5. The highest BCUT2D eigenvalue weighted by Crippen LogP contribution is 2.44. The number of hydrogen-bond donors (Lipinski definition) is 0. The van der Waals surface area contributed by atoms with Crippen LogP contribution >= 0.6 is 11.3 Å². The van der Waals surface area contributed by atoms with Crippen molar-refractivity contribution >= 4 is 37.3 Å². The summed E-state index contributed by atoms with van der Waals surface area (Å²) in [5.74, 6) is 0.304. The van der Waals surface area contributed by atoms with E-state index < -0.39 is 11.6 Å². The first kappa shape index (κ1) is 19.2. The zero-order valence-electron chi connectivity index (χ0n) is 15.6. The number of rotatable bonds is 3. The number of hydrogen-bond acceptors (Lipinski definition) is 1. The minimum Gasteiger partial charge on any atom is -0.203 e. The van der Waals surface area contributed by atoms with Crippen LogP contribution in [0.2, 0.25) is 0 Å². The molecule has 0 spiro atoms. The molecule has 4 radical (unpaired) electrons. The lowest BCUT2D eigenvalue weighted by atomic mass is 9.70. The van der Waals surface area contributed by atoms with Gasteiger partial charge in [0.05, 0.1) is 0 Å². The Hall–Kier alpha value is -1.09. The molecule has 2 aliphatic rings. The predicted octanol–water partition coefficient (Wildman–Crippen LogP) is 5.14. The first-order chi connectivity index (χ1) is 13.0. The SMILES string of the molecule is [B]c1cc(-c2ccc(C3CCC(C4CCCCC4)CC3)c(F)c2F)sc1[B]. The highest BCUT2D eigenvalue weighted by molar-refractivity contribution is 7.24.